The van der Waals surface area contributed by atoms with Crippen LogP contribution in [0.15, 0.2) is 140 Å². The summed E-state index contributed by atoms with van der Waals surface area (Å²) < 4.78 is 0. The van der Waals surface area contributed by atoms with Crippen molar-refractivity contribution in [1.29, 1.82) is 0 Å². The lowest BCUT2D eigenvalue weighted by atomic mass is 10.0. The predicted molar refractivity (Wildman–Crippen MR) is 157 cm³/mol. The predicted octanol–water partition coefficient (Wildman–Crippen LogP) is 8.85. The molecule has 0 aliphatic carbocycles. The molecule has 7 rings (SSSR count). The summed E-state index contributed by atoms with van der Waals surface area (Å²) in [6.07, 6.45) is 0. The van der Waals surface area contributed by atoms with Crippen molar-refractivity contribution >= 4 is 21.5 Å². The highest BCUT2D eigenvalue weighted by Crippen LogP contribution is 2.31. The average molecular weight is 486 g/mol. The van der Waals surface area contributed by atoms with E-state index in [1.54, 1.807) is 0 Å². The third kappa shape index (κ3) is 4.10. The molecule has 3 nitrogen and oxygen atoms in total. The molecule has 0 aliphatic rings. The Morgan fingerprint density at radius 1 is 0.316 bits per heavy atom. The van der Waals surface area contributed by atoms with Gasteiger partial charge in [0.2, 0.25) is 0 Å². The van der Waals surface area contributed by atoms with Crippen molar-refractivity contribution in [2.75, 3.05) is 0 Å². The smallest absolute Gasteiger partial charge is 0.164 e. The van der Waals surface area contributed by atoms with Gasteiger partial charge in [0.15, 0.2) is 17.5 Å². The van der Waals surface area contributed by atoms with Crippen LogP contribution < -0.4 is 0 Å². The Morgan fingerprint density at radius 2 is 0.895 bits per heavy atom. The molecule has 178 valence electrons. The Hall–Kier alpha value is -5.15. The molecule has 0 unspecified atom stereocenters. The minimum Gasteiger partial charge on any atom is -0.208 e. The van der Waals surface area contributed by atoms with Crippen molar-refractivity contribution in [3.8, 4) is 45.3 Å². The molecule has 38 heavy (non-hydrogen) atoms. The van der Waals surface area contributed by atoms with E-state index in [0.29, 0.717) is 17.5 Å². The minimum atomic E-state index is 0.656. The monoisotopic (exact) mass is 485 g/mol. The molecule has 0 atom stereocenters. The van der Waals surface area contributed by atoms with E-state index in [4.69, 9.17) is 15.0 Å². The fourth-order valence-electron chi connectivity index (χ4n) is 4.97. The molecule has 0 fully saturated rings. The lowest BCUT2D eigenvalue weighted by Crippen LogP contribution is -2.00. The second-order valence-electron chi connectivity index (χ2n) is 9.34. The van der Waals surface area contributed by atoms with Crippen LogP contribution in [0, 0.1) is 0 Å². The Labute approximate surface area is 221 Å². The molecule has 3 heteroatoms. The van der Waals surface area contributed by atoms with Crippen molar-refractivity contribution < 1.29 is 0 Å². The van der Waals surface area contributed by atoms with Gasteiger partial charge in [-0.2, -0.15) is 0 Å². The van der Waals surface area contributed by atoms with Gasteiger partial charge in [0.1, 0.15) is 0 Å². The molecule has 7 aromatic rings. The number of benzene rings is 6. The van der Waals surface area contributed by atoms with E-state index in [1.165, 1.54) is 5.39 Å². The van der Waals surface area contributed by atoms with Crippen LogP contribution in [0.2, 0.25) is 0 Å². The zero-order valence-electron chi connectivity index (χ0n) is 20.6. The summed E-state index contributed by atoms with van der Waals surface area (Å²) in [6.45, 7) is 0. The summed E-state index contributed by atoms with van der Waals surface area (Å²) in [5, 5.41) is 4.63. The molecule has 0 amide bonds. The van der Waals surface area contributed by atoms with Gasteiger partial charge in [-0.1, -0.05) is 127 Å². The third-order valence-corrected chi connectivity index (χ3v) is 6.90. The second-order valence-corrected chi connectivity index (χ2v) is 9.34. The van der Waals surface area contributed by atoms with Crippen molar-refractivity contribution in [3.63, 3.8) is 0 Å². The molecule has 0 aliphatic heterocycles. The number of hydrogen-bond acceptors (Lipinski definition) is 3. The molecule has 6 aromatic carbocycles. The fourth-order valence-corrected chi connectivity index (χ4v) is 4.97. The Balaban J connectivity index is 1.45. The molecular weight excluding hydrogens is 462 g/mol. The summed E-state index contributed by atoms with van der Waals surface area (Å²) >= 11 is 0. The SMILES string of the molecule is c1ccc(-c2cccc(-c3nc(-c4ccc5ccccc5c4)nc(-c4cccc5ccccc45)n3)c2)cc1. The van der Waals surface area contributed by atoms with Crippen LogP contribution in [-0.2, 0) is 0 Å². The van der Waals surface area contributed by atoms with E-state index in [0.717, 1.165) is 44.0 Å². The quantitative estimate of drug-likeness (QED) is 0.250. The lowest BCUT2D eigenvalue weighted by Gasteiger charge is -2.11. The molecular formula is C35H23N3. The first-order valence-electron chi connectivity index (χ1n) is 12.7. The molecule has 0 saturated heterocycles. The molecule has 0 N–H and O–H groups in total. The van der Waals surface area contributed by atoms with E-state index >= 15 is 0 Å². The van der Waals surface area contributed by atoms with Gasteiger partial charge in [-0.15, -0.1) is 0 Å². The maximum Gasteiger partial charge on any atom is 0.164 e. The van der Waals surface area contributed by atoms with Gasteiger partial charge in [-0.05, 0) is 44.8 Å². The van der Waals surface area contributed by atoms with E-state index < -0.39 is 0 Å². The van der Waals surface area contributed by atoms with Gasteiger partial charge in [-0.3, -0.25) is 0 Å². The number of nitrogens with zero attached hydrogens (tertiary/aromatic N) is 3. The summed E-state index contributed by atoms with van der Waals surface area (Å²) in [4.78, 5) is 15.0. The first-order valence-corrected chi connectivity index (χ1v) is 12.7. The molecule has 1 aromatic heterocycles. The van der Waals surface area contributed by atoms with Crippen molar-refractivity contribution in [3.05, 3.63) is 140 Å². The Bertz CT molecular complexity index is 1920. The highest BCUT2D eigenvalue weighted by atomic mass is 15.0. The van der Waals surface area contributed by atoms with Gasteiger partial charge in [0.25, 0.3) is 0 Å². The van der Waals surface area contributed by atoms with Crippen molar-refractivity contribution in [2.45, 2.75) is 0 Å². The molecule has 0 radical (unpaired) electrons. The number of aromatic nitrogens is 3. The number of hydrogen-bond donors (Lipinski definition) is 0. The third-order valence-electron chi connectivity index (χ3n) is 6.90. The van der Waals surface area contributed by atoms with Crippen LogP contribution in [-0.4, -0.2) is 15.0 Å². The van der Waals surface area contributed by atoms with Gasteiger partial charge in [0, 0.05) is 16.7 Å². The first kappa shape index (κ1) is 22.1. The fraction of sp³-hybridized carbons (Fsp3) is 0. The van der Waals surface area contributed by atoms with E-state index in [1.807, 2.05) is 6.07 Å². The number of fused-ring (bicyclic) bond motifs is 2. The van der Waals surface area contributed by atoms with E-state index in [2.05, 4.69) is 133 Å². The summed E-state index contributed by atoms with van der Waals surface area (Å²) in [7, 11) is 0. The van der Waals surface area contributed by atoms with Gasteiger partial charge in [-0.25, -0.2) is 15.0 Å². The molecule has 0 spiro atoms. The molecule has 0 saturated carbocycles. The highest BCUT2D eigenvalue weighted by Gasteiger charge is 2.15. The van der Waals surface area contributed by atoms with E-state index in [-0.39, 0.29) is 0 Å². The van der Waals surface area contributed by atoms with Crippen molar-refractivity contribution in [2.24, 2.45) is 0 Å². The van der Waals surface area contributed by atoms with Crippen LogP contribution in [0.5, 0.6) is 0 Å². The van der Waals surface area contributed by atoms with Crippen LogP contribution in [0.4, 0.5) is 0 Å². The summed E-state index contributed by atoms with van der Waals surface area (Å²) in [5.41, 5.74) is 5.20. The summed E-state index contributed by atoms with van der Waals surface area (Å²) in [5.74, 6) is 1.98. The van der Waals surface area contributed by atoms with Gasteiger partial charge in [0.05, 0.1) is 0 Å². The normalized spacial score (nSPS) is 11.2. The first-order chi connectivity index (χ1) is 18.8. The van der Waals surface area contributed by atoms with Gasteiger partial charge >= 0.3 is 0 Å². The lowest BCUT2D eigenvalue weighted by molar-refractivity contribution is 1.08. The van der Waals surface area contributed by atoms with Crippen LogP contribution in [0.3, 0.4) is 0 Å². The highest BCUT2D eigenvalue weighted by molar-refractivity contribution is 5.95. The van der Waals surface area contributed by atoms with E-state index in [9.17, 15) is 0 Å². The zero-order valence-corrected chi connectivity index (χ0v) is 20.6. The molecule has 1 heterocycles. The minimum absolute atomic E-state index is 0.656. The average Bonchev–Trinajstić information content (AvgIpc) is 3.01. The Kier molecular flexibility index (Phi) is 5.45. The van der Waals surface area contributed by atoms with Crippen LogP contribution >= 0.6 is 0 Å². The van der Waals surface area contributed by atoms with Crippen LogP contribution in [0.25, 0.3) is 66.8 Å². The largest absolute Gasteiger partial charge is 0.208 e. The zero-order chi connectivity index (χ0) is 25.3. The topological polar surface area (TPSA) is 38.7 Å². The maximum atomic E-state index is 5.02. The second kappa shape index (κ2) is 9.38. The summed E-state index contributed by atoms with van der Waals surface area (Å²) in [6, 6.07) is 48.2. The van der Waals surface area contributed by atoms with Crippen LogP contribution in [0.1, 0.15) is 0 Å². The molecule has 0 bridgehead atoms. The standard InChI is InChI=1S/C35H23N3/c1-2-10-24(11-3-1)28-16-8-17-29(22-28)33-36-34(30-21-20-25-12-4-5-14-27(25)23-30)38-35(37-33)32-19-9-15-26-13-6-7-18-31(26)32/h1-23H. The maximum absolute atomic E-state index is 5.02. The van der Waals surface area contributed by atoms with Gasteiger partial charge < -0.3 is 0 Å². The van der Waals surface area contributed by atoms with Crippen molar-refractivity contribution in [1.82, 2.24) is 15.0 Å². The number of rotatable bonds is 4. The Morgan fingerprint density at radius 3 is 1.74 bits per heavy atom.